The second kappa shape index (κ2) is 15.9. The maximum atomic E-state index is 13.6. The molecule has 22 heteroatoms. The first-order chi connectivity index (χ1) is 22.0. The number of benzene rings is 1. The molecule has 0 aliphatic rings. The fraction of sp³-hybridized carbons (Fsp3) is 0.741. The fourth-order valence-corrected chi connectivity index (χ4v) is 3.98. The number of alkyl halides is 18. The predicted octanol–water partition coefficient (Wildman–Crippen LogP) is 11.0. The van der Waals surface area contributed by atoms with Crippen molar-refractivity contribution in [3.8, 4) is 11.5 Å². The summed E-state index contributed by atoms with van der Waals surface area (Å²) in [5, 5.41) is 9.25. The monoisotopic (exact) mass is 758 g/mol. The third kappa shape index (κ3) is 10.5. The minimum atomic E-state index is -6.98. The van der Waals surface area contributed by atoms with Gasteiger partial charge < -0.3 is 14.6 Å². The van der Waals surface area contributed by atoms with Crippen LogP contribution in [0.1, 0.15) is 74.6 Å². The van der Waals surface area contributed by atoms with Crippen molar-refractivity contribution in [1.29, 1.82) is 0 Å². The number of halogens is 18. The van der Waals surface area contributed by atoms with Crippen molar-refractivity contribution in [2.24, 2.45) is 0 Å². The summed E-state index contributed by atoms with van der Waals surface area (Å²) in [4.78, 5) is 11.4. The molecule has 4 nitrogen and oxygen atoms in total. The summed E-state index contributed by atoms with van der Waals surface area (Å²) < 4.78 is 243. The topological polar surface area (TPSA) is 55.8 Å². The molecule has 1 rings (SSSR count). The van der Waals surface area contributed by atoms with E-state index < -0.39 is 79.5 Å². The lowest BCUT2D eigenvalue weighted by Crippen LogP contribution is -2.60. The predicted molar refractivity (Wildman–Crippen MR) is 132 cm³/mol. The number of aromatic carboxylic acids is 1. The van der Waals surface area contributed by atoms with Crippen LogP contribution in [-0.4, -0.2) is 72.2 Å². The molecule has 0 bridgehead atoms. The Morgan fingerprint density at radius 2 is 0.776 bits per heavy atom. The Balaban J connectivity index is 2.55. The van der Waals surface area contributed by atoms with Crippen molar-refractivity contribution in [2.45, 2.75) is 112 Å². The van der Waals surface area contributed by atoms with Crippen molar-refractivity contribution >= 4 is 5.97 Å². The Morgan fingerprint density at radius 1 is 0.469 bits per heavy atom. The lowest BCUT2D eigenvalue weighted by atomic mass is 9.98. The summed E-state index contributed by atoms with van der Waals surface area (Å²) in [6, 6.07) is 3.17. The molecule has 1 aromatic carbocycles. The van der Waals surface area contributed by atoms with Gasteiger partial charge >= 0.3 is 53.9 Å². The highest BCUT2D eigenvalue weighted by Gasteiger charge is 2.82. The Hall–Kier alpha value is -2.97. The number of hydrogen-bond acceptors (Lipinski definition) is 3. The largest absolute Gasteiger partial charge is 0.493 e. The Labute approximate surface area is 265 Å². The maximum absolute atomic E-state index is 13.6. The number of carbonyl (C=O) groups is 1. The van der Waals surface area contributed by atoms with Gasteiger partial charge in [0.05, 0.1) is 18.8 Å². The van der Waals surface area contributed by atoms with Gasteiger partial charge in [-0.25, -0.2) is 4.79 Å². The summed E-state index contributed by atoms with van der Waals surface area (Å²) in [6.45, 7) is -0.500. The normalized spacial score (nSPS) is 14.2. The van der Waals surface area contributed by atoms with Crippen LogP contribution in [0.4, 0.5) is 79.0 Å². The molecule has 0 saturated heterocycles. The highest BCUT2D eigenvalue weighted by Crippen LogP contribution is 2.55. The second-order valence-corrected chi connectivity index (χ2v) is 10.7. The summed E-state index contributed by atoms with van der Waals surface area (Å²) in [5.74, 6) is -40.5. The summed E-state index contributed by atoms with van der Waals surface area (Å²) >= 11 is 0. The molecule has 286 valence electrons. The van der Waals surface area contributed by atoms with E-state index >= 15 is 0 Å². The Morgan fingerprint density at radius 3 is 1.06 bits per heavy atom. The van der Waals surface area contributed by atoms with Crippen LogP contribution in [0.2, 0.25) is 0 Å². The molecule has 0 atom stereocenters. The van der Waals surface area contributed by atoms with Crippen LogP contribution in [0.25, 0.3) is 0 Å². The Kier molecular flexibility index (Phi) is 14.3. The van der Waals surface area contributed by atoms with Gasteiger partial charge in [0.2, 0.25) is 0 Å². The van der Waals surface area contributed by atoms with Gasteiger partial charge in [-0.3, -0.25) is 0 Å². The molecular formula is C27H28F18O4. The minimum absolute atomic E-state index is 0.00695. The molecule has 0 unspecified atom stereocenters. The molecule has 0 amide bonds. The number of carboxylic acids is 1. The molecule has 49 heavy (non-hydrogen) atoms. The van der Waals surface area contributed by atoms with Crippen molar-refractivity contribution < 1.29 is 98.4 Å². The van der Waals surface area contributed by atoms with E-state index in [2.05, 4.69) is 0 Å². The number of unbranched alkanes of at least 4 members (excludes halogenated alkanes) is 6. The van der Waals surface area contributed by atoms with E-state index in [4.69, 9.17) is 9.47 Å². The smallest absolute Gasteiger partial charge is 0.460 e. The van der Waals surface area contributed by atoms with E-state index in [1.807, 2.05) is 0 Å². The van der Waals surface area contributed by atoms with Gasteiger partial charge in [0.25, 0.3) is 0 Å². The maximum Gasteiger partial charge on any atom is 0.460 e. The van der Waals surface area contributed by atoms with Crippen LogP contribution in [0.3, 0.4) is 0 Å². The first-order valence-corrected chi connectivity index (χ1v) is 14.0. The fourth-order valence-electron chi connectivity index (χ4n) is 3.98. The average Bonchev–Trinajstić information content (AvgIpc) is 2.94. The molecule has 0 heterocycles. The quantitative estimate of drug-likeness (QED) is 0.100. The van der Waals surface area contributed by atoms with Crippen LogP contribution in [0.5, 0.6) is 11.5 Å². The van der Waals surface area contributed by atoms with Crippen LogP contribution in [-0.2, 0) is 0 Å². The number of rotatable bonds is 21. The summed E-state index contributed by atoms with van der Waals surface area (Å²) in [6.07, 6.45) is -20.3. The van der Waals surface area contributed by atoms with Crippen LogP contribution < -0.4 is 9.47 Å². The van der Waals surface area contributed by atoms with Gasteiger partial charge in [0, 0.05) is 18.9 Å². The number of hydrogen-bond donors (Lipinski definition) is 1. The van der Waals surface area contributed by atoms with E-state index in [-0.39, 0.29) is 68.8 Å². The molecule has 0 spiro atoms. The summed E-state index contributed by atoms with van der Waals surface area (Å²) in [5.41, 5.74) is -0.384. The van der Waals surface area contributed by atoms with Gasteiger partial charge in [0.15, 0.2) is 0 Å². The standard InChI is InChI=1S/C27H28F18O4/c28-20(29,22(32,33)24(36,37)26(40,41)42)9-5-1-3-7-11-48-17-13-16(19(46)47)14-18(15-17)49-12-8-4-2-6-10-21(30,31)23(34,35)25(38,39)27(43,44)45/h13-15H,1-12H2,(H,46,47). The zero-order valence-electron chi connectivity index (χ0n) is 24.7. The first kappa shape index (κ1) is 44.1. The molecule has 1 aromatic rings. The van der Waals surface area contributed by atoms with Crippen LogP contribution in [0, 0.1) is 0 Å². The van der Waals surface area contributed by atoms with Gasteiger partial charge in [0.1, 0.15) is 11.5 Å². The first-order valence-electron chi connectivity index (χ1n) is 14.0. The third-order valence-corrected chi connectivity index (χ3v) is 6.85. The highest BCUT2D eigenvalue weighted by molar-refractivity contribution is 5.88. The minimum Gasteiger partial charge on any atom is -0.493 e. The molecule has 0 aliphatic heterocycles. The second-order valence-electron chi connectivity index (χ2n) is 10.7. The number of carboxylic acid groups (broad SMARTS) is 1. The van der Waals surface area contributed by atoms with Gasteiger partial charge in [-0.1, -0.05) is 25.7 Å². The molecule has 0 radical (unpaired) electrons. The molecule has 0 fully saturated rings. The average molecular weight is 758 g/mol. The number of ether oxygens (including phenoxy) is 2. The zero-order chi connectivity index (χ0) is 38.3. The van der Waals surface area contributed by atoms with E-state index in [0.29, 0.717) is 0 Å². The molecular weight excluding hydrogens is 730 g/mol. The van der Waals surface area contributed by atoms with Crippen LogP contribution >= 0.6 is 0 Å². The summed E-state index contributed by atoms with van der Waals surface area (Å²) in [7, 11) is 0. The lowest BCUT2D eigenvalue weighted by Gasteiger charge is -2.33. The lowest BCUT2D eigenvalue weighted by molar-refractivity contribution is -0.396. The van der Waals surface area contributed by atoms with Gasteiger partial charge in [-0.05, 0) is 37.8 Å². The van der Waals surface area contributed by atoms with E-state index in [1.54, 1.807) is 0 Å². The Bertz CT molecular complexity index is 1130. The molecule has 0 aliphatic carbocycles. The van der Waals surface area contributed by atoms with Crippen molar-refractivity contribution in [1.82, 2.24) is 0 Å². The van der Waals surface area contributed by atoms with E-state index in [9.17, 15) is 88.9 Å². The SMILES string of the molecule is O=C(O)c1cc(OCCCCCCC(F)(F)C(F)(F)C(F)(F)C(F)(F)F)cc(OCCCCCCC(F)(F)C(F)(F)C(F)(F)C(F)(F)F)c1. The zero-order valence-corrected chi connectivity index (χ0v) is 24.7. The molecule has 1 N–H and O–H groups in total. The van der Waals surface area contributed by atoms with Gasteiger partial charge in [-0.2, -0.15) is 79.0 Å². The van der Waals surface area contributed by atoms with Gasteiger partial charge in [-0.15, -0.1) is 0 Å². The highest BCUT2D eigenvalue weighted by atomic mass is 19.4. The van der Waals surface area contributed by atoms with Crippen molar-refractivity contribution in [2.75, 3.05) is 13.2 Å². The van der Waals surface area contributed by atoms with Crippen molar-refractivity contribution in [3.63, 3.8) is 0 Å². The van der Waals surface area contributed by atoms with Crippen molar-refractivity contribution in [3.05, 3.63) is 23.8 Å². The van der Waals surface area contributed by atoms with E-state index in [0.717, 1.165) is 18.2 Å². The van der Waals surface area contributed by atoms with Crippen LogP contribution in [0.15, 0.2) is 18.2 Å². The third-order valence-electron chi connectivity index (χ3n) is 6.85. The molecule has 0 saturated carbocycles. The van der Waals surface area contributed by atoms with E-state index in [1.165, 1.54) is 0 Å². The molecule has 0 aromatic heterocycles.